The van der Waals surface area contributed by atoms with Gasteiger partial charge in [0, 0.05) is 28.6 Å². The summed E-state index contributed by atoms with van der Waals surface area (Å²) in [5.41, 5.74) is 2.07. The molecule has 26 heavy (non-hydrogen) atoms. The number of methoxy groups -OCH3 is 1. The first kappa shape index (κ1) is 18.2. The van der Waals surface area contributed by atoms with Crippen LogP contribution >= 0.6 is 22.9 Å². The molecule has 0 spiro atoms. The van der Waals surface area contributed by atoms with Crippen molar-refractivity contribution in [2.24, 2.45) is 0 Å². The summed E-state index contributed by atoms with van der Waals surface area (Å²) in [6.07, 6.45) is 5.77. The molecule has 2 aromatic carbocycles. The Morgan fingerprint density at radius 3 is 2.62 bits per heavy atom. The van der Waals surface area contributed by atoms with Gasteiger partial charge in [0.25, 0.3) is 0 Å². The smallest absolute Gasteiger partial charge is 0.250 e. The molecule has 0 unspecified atom stereocenters. The standard InChI is InChI=1S/C20H17ClN2O2S/c1-25-17-9-4-14(5-10-17)6-11-19(24)23-20-22-13-18(26-20)12-15-2-7-16(21)8-3-15/h2-11,13H,12H2,1H3,(H,22,23,24)/b11-6+. The summed E-state index contributed by atoms with van der Waals surface area (Å²) in [6, 6.07) is 15.2. The lowest BCUT2D eigenvalue weighted by Crippen LogP contribution is -2.07. The summed E-state index contributed by atoms with van der Waals surface area (Å²) in [4.78, 5) is 17.4. The first-order valence-electron chi connectivity index (χ1n) is 7.94. The van der Waals surface area contributed by atoms with Gasteiger partial charge in [-0.25, -0.2) is 4.98 Å². The van der Waals surface area contributed by atoms with E-state index in [1.54, 1.807) is 19.4 Å². The normalized spacial score (nSPS) is 10.8. The largest absolute Gasteiger partial charge is 0.497 e. The van der Waals surface area contributed by atoms with Gasteiger partial charge in [-0.15, -0.1) is 11.3 Å². The second-order valence-corrected chi connectivity index (χ2v) is 7.08. The number of amides is 1. The lowest BCUT2D eigenvalue weighted by atomic mass is 10.1. The number of anilines is 1. The molecule has 0 saturated carbocycles. The second-order valence-electron chi connectivity index (χ2n) is 5.53. The predicted molar refractivity (Wildman–Crippen MR) is 107 cm³/mol. The first-order valence-corrected chi connectivity index (χ1v) is 9.14. The Balaban J connectivity index is 1.56. The minimum absolute atomic E-state index is 0.215. The average Bonchev–Trinajstić information content (AvgIpc) is 3.09. The van der Waals surface area contributed by atoms with Gasteiger partial charge >= 0.3 is 0 Å². The Kier molecular flexibility index (Phi) is 6.04. The Morgan fingerprint density at radius 1 is 1.19 bits per heavy atom. The van der Waals surface area contributed by atoms with Crippen molar-refractivity contribution in [2.45, 2.75) is 6.42 Å². The summed E-state index contributed by atoms with van der Waals surface area (Å²) in [7, 11) is 1.62. The molecule has 4 nitrogen and oxygen atoms in total. The molecule has 0 atom stereocenters. The van der Waals surface area contributed by atoms with E-state index in [-0.39, 0.29) is 5.91 Å². The predicted octanol–water partition coefficient (Wildman–Crippen LogP) is 5.05. The molecule has 0 aliphatic carbocycles. The number of carbonyl (C=O) groups is 1. The molecule has 1 N–H and O–H groups in total. The number of carbonyl (C=O) groups excluding carboxylic acids is 1. The van der Waals surface area contributed by atoms with Gasteiger partial charge in [-0.05, 0) is 41.5 Å². The van der Waals surface area contributed by atoms with Gasteiger partial charge in [0.1, 0.15) is 5.75 Å². The molecule has 0 radical (unpaired) electrons. The fraction of sp³-hybridized carbons (Fsp3) is 0.100. The summed E-state index contributed by atoms with van der Waals surface area (Å²) in [5.74, 6) is 0.566. The molecular formula is C20H17ClN2O2S. The monoisotopic (exact) mass is 384 g/mol. The fourth-order valence-electron chi connectivity index (χ4n) is 2.28. The van der Waals surface area contributed by atoms with E-state index in [1.807, 2.05) is 48.5 Å². The first-order chi connectivity index (χ1) is 12.6. The molecule has 0 bridgehead atoms. The van der Waals surface area contributed by atoms with Gasteiger partial charge in [0.2, 0.25) is 5.91 Å². The number of thiazole rings is 1. The van der Waals surface area contributed by atoms with Crippen LogP contribution in [0.25, 0.3) is 6.08 Å². The molecule has 3 rings (SSSR count). The number of nitrogens with zero attached hydrogens (tertiary/aromatic N) is 1. The molecule has 0 fully saturated rings. The van der Waals surface area contributed by atoms with Gasteiger partial charge in [-0.2, -0.15) is 0 Å². The van der Waals surface area contributed by atoms with E-state index < -0.39 is 0 Å². The molecule has 1 aromatic heterocycles. The maximum Gasteiger partial charge on any atom is 0.250 e. The molecular weight excluding hydrogens is 368 g/mol. The van der Waals surface area contributed by atoms with Crippen molar-refractivity contribution >= 4 is 40.1 Å². The van der Waals surface area contributed by atoms with Crippen molar-refractivity contribution in [1.82, 2.24) is 4.98 Å². The SMILES string of the molecule is COc1ccc(/C=C/C(=O)Nc2ncc(Cc3ccc(Cl)cc3)s2)cc1. The van der Waals surface area contributed by atoms with E-state index in [2.05, 4.69) is 10.3 Å². The van der Waals surface area contributed by atoms with Crippen LogP contribution in [0.1, 0.15) is 16.0 Å². The zero-order chi connectivity index (χ0) is 18.4. The quantitative estimate of drug-likeness (QED) is 0.605. The molecule has 3 aromatic rings. The van der Waals surface area contributed by atoms with Crippen molar-refractivity contribution in [3.63, 3.8) is 0 Å². The average molecular weight is 385 g/mol. The van der Waals surface area contributed by atoms with Crippen molar-refractivity contribution in [1.29, 1.82) is 0 Å². The second kappa shape index (κ2) is 8.65. The minimum atomic E-state index is -0.215. The van der Waals surface area contributed by atoms with Crippen LogP contribution in [0.3, 0.4) is 0 Å². The van der Waals surface area contributed by atoms with Crippen LogP contribution in [0.2, 0.25) is 5.02 Å². The Hall–Kier alpha value is -2.63. The Labute approximate surface area is 161 Å². The molecule has 1 amide bonds. The Morgan fingerprint density at radius 2 is 1.92 bits per heavy atom. The zero-order valence-electron chi connectivity index (χ0n) is 14.1. The number of hydrogen-bond donors (Lipinski definition) is 1. The number of rotatable bonds is 6. The fourth-order valence-corrected chi connectivity index (χ4v) is 3.26. The van der Waals surface area contributed by atoms with E-state index >= 15 is 0 Å². The lowest BCUT2D eigenvalue weighted by molar-refractivity contribution is -0.111. The van der Waals surface area contributed by atoms with Crippen molar-refractivity contribution in [3.8, 4) is 5.75 Å². The van der Waals surface area contributed by atoms with Crippen LogP contribution < -0.4 is 10.1 Å². The third kappa shape index (κ3) is 5.18. The van der Waals surface area contributed by atoms with Gasteiger partial charge < -0.3 is 4.74 Å². The summed E-state index contributed by atoms with van der Waals surface area (Å²) < 4.78 is 5.11. The van der Waals surface area contributed by atoms with Crippen molar-refractivity contribution < 1.29 is 9.53 Å². The minimum Gasteiger partial charge on any atom is -0.497 e. The number of halogens is 1. The maximum atomic E-state index is 12.0. The van der Waals surface area contributed by atoms with Crippen LogP contribution in [0.15, 0.2) is 60.8 Å². The number of ether oxygens (including phenoxy) is 1. The molecule has 0 aliphatic heterocycles. The highest BCUT2D eigenvalue weighted by atomic mass is 35.5. The zero-order valence-corrected chi connectivity index (χ0v) is 15.7. The van der Waals surface area contributed by atoms with Crippen molar-refractivity contribution in [3.05, 3.63) is 81.8 Å². The third-order valence-corrected chi connectivity index (χ3v) is 4.78. The summed E-state index contributed by atoms with van der Waals surface area (Å²) in [5, 5.41) is 4.08. The highest BCUT2D eigenvalue weighted by Gasteiger charge is 2.05. The van der Waals surface area contributed by atoms with E-state index in [9.17, 15) is 4.79 Å². The number of aromatic nitrogens is 1. The Bertz CT molecular complexity index is 902. The van der Waals surface area contributed by atoms with E-state index in [0.29, 0.717) is 5.13 Å². The van der Waals surface area contributed by atoms with Crippen molar-refractivity contribution in [2.75, 3.05) is 12.4 Å². The van der Waals surface area contributed by atoms with Crippen LogP contribution in [0.4, 0.5) is 5.13 Å². The van der Waals surface area contributed by atoms with Gasteiger partial charge in [-0.1, -0.05) is 35.9 Å². The number of hydrogen-bond acceptors (Lipinski definition) is 4. The van der Waals surface area contributed by atoms with Crippen LogP contribution in [-0.2, 0) is 11.2 Å². The van der Waals surface area contributed by atoms with Crippen LogP contribution in [0.5, 0.6) is 5.75 Å². The number of benzene rings is 2. The number of nitrogens with one attached hydrogen (secondary N) is 1. The van der Waals surface area contributed by atoms with E-state index in [1.165, 1.54) is 17.4 Å². The summed E-state index contributed by atoms with van der Waals surface area (Å²) >= 11 is 7.36. The van der Waals surface area contributed by atoms with Gasteiger partial charge in [0.15, 0.2) is 5.13 Å². The van der Waals surface area contributed by atoms with Crippen LogP contribution in [-0.4, -0.2) is 18.0 Å². The molecule has 0 saturated heterocycles. The highest BCUT2D eigenvalue weighted by Crippen LogP contribution is 2.22. The molecule has 6 heteroatoms. The third-order valence-electron chi connectivity index (χ3n) is 3.62. The summed E-state index contributed by atoms with van der Waals surface area (Å²) in [6.45, 7) is 0. The van der Waals surface area contributed by atoms with E-state index in [0.717, 1.165) is 33.2 Å². The molecule has 0 aliphatic rings. The maximum absolute atomic E-state index is 12.0. The molecule has 1 heterocycles. The lowest BCUT2D eigenvalue weighted by Gasteiger charge is -1.99. The topological polar surface area (TPSA) is 51.2 Å². The van der Waals surface area contributed by atoms with E-state index in [4.69, 9.17) is 16.3 Å². The van der Waals surface area contributed by atoms with Gasteiger partial charge in [-0.3, -0.25) is 10.1 Å². The highest BCUT2D eigenvalue weighted by molar-refractivity contribution is 7.15. The van der Waals surface area contributed by atoms with Crippen LogP contribution in [0, 0.1) is 0 Å². The van der Waals surface area contributed by atoms with Gasteiger partial charge in [0.05, 0.1) is 7.11 Å². The molecule has 132 valence electrons.